The summed E-state index contributed by atoms with van der Waals surface area (Å²) in [6.45, 7) is 0.119. The van der Waals surface area contributed by atoms with Crippen molar-refractivity contribution in [3.63, 3.8) is 0 Å². The molecule has 74 valence electrons. The number of aliphatic hydroxyl groups is 1. The molecule has 1 aromatic carbocycles. The van der Waals surface area contributed by atoms with Gasteiger partial charge in [-0.25, -0.2) is 0 Å². The highest BCUT2D eigenvalue weighted by Crippen LogP contribution is 2.10. The molecule has 0 saturated heterocycles. The Bertz CT molecular complexity index is 338. The van der Waals surface area contributed by atoms with Gasteiger partial charge >= 0.3 is 0 Å². The van der Waals surface area contributed by atoms with Crippen LogP contribution in [-0.2, 0) is 13.0 Å². The maximum atomic E-state index is 9.08. The fraction of sp³-hybridized carbons (Fsp3) is 0.250. The second-order valence-corrected chi connectivity index (χ2v) is 3.40. The highest BCUT2D eigenvalue weighted by atomic mass is 79.9. The van der Waals surface area contributed by atoms with Crippen molar-refractivity contribution >= 4 is 15.9 Å². The van der Waals surface area contributed by atoms with E-state index >= 15 is 0 Å². The van der Waals surface area contributed by atoms with Crippen molar-refractivity contribution in [1.29, 1.82) is 0 Å². The SMILES string of the molecule is OCc1ccccc1CCC=C=CBr. The molecule has 2 heteroatoms. The Hall–Kier alpha value is -0.820. The fourth-order valence-electron chi connectivity index (χ4n) is 1.31. The smallest absolute Gasteiger partial charge is 0.0684 e. The van der Waals surface area contributed by atoms with Crippen molar-refractivity contribution in [2.45, 2.75) is 19.4 Å². The van der Waals surface area contributed by atoms with E-state index in [-0.39, 0.29) is 6.61 Å². The molecule has 14 heavy (non-hydrogen) atoms. The van der Waals surface area contributed by atoms with E-state index in [1.165, 1.54) is 5.56 Å². The summed E-state index contributed by atoms with van der Waals surface area (Å²) in [7, 11) is 0. The zero-order valence-electron chi connectivity index (χ0n) is 7.91. The molecular formula is C12H13BrO. The Balaban J connectivity index is 2.61. The Labute approximate surface area is 92.9 Å². The number of halogens is 1. The molecule has 0 spiro atoms. The molecule has 1 rings (SSSR count). The summed E-state index contributed by atoms with van der Waals surface area (Å²) in [6, 6.07) is 7.96. The van der Waals surface area contributed by atoms with Gasteiger partial charge in [-0.05, 0) is 30.0 Å². The summed E-state index contributed by atoms with van der Waals surface area (Å²) >= 11 is 3.16. The molecule has 0 saturated carbocycles. The Morgan fingerprint density at radius 2 is 2.00 bits per heavy atom. The lowest BCUT2D eigenvalue weighted by Crippen LogP contribution is -1.92. The molecule has 0 aliphatic heterocycles. The average molecular weight is 253 g/mol. The third-order valence-corrected chi connectivity index (χ3v) is 2.29. The monoisotopic (exact) mass is 252 g/mol. The highest BCUT2D eigenvalue weighted by Gasteiger charge is 1.97. The van der Waals surface area contributed by atoms with Crippen LogP contribution in [0.15, 0.2) is 41.1 Å². The summed E-state index contributed by atoms with van der Waals surface area (Å²) in [5.41, 5.74) is 5.19. The molecule has 1 aromatic rings. The van der Waals surface area contributed by atoms with E-state index in [1.807, 2.05) is 24.3 Å². The first-order valence-corrected chi connectivity index (χ1v) is 5.47. The summed E-state index contributed by atoms with van der Waals surface area (Å²) in [6.07, 6.45) is 3.87. The van der Waals surface area contributed by atoms with Crippen molar-refractivity contribution < 1.29 is 5.11 Å². The third kappa shape index (κ3) is 3.51. The minimum atomic E-state index is 0.119. The van der Waals surface area contributed by atoms with Gasteiger partial charge in [-0.2, -0.15) is 0 Å². The van der Waals surface area contributed by atoms with Crippen molar-refractivity contribution in [1.82, 2.24) is 0 Å². The van der Waals surface area contributed by atoms with Gasteiger partial charge in [0.2, 0.25) is 0 Å². The van der Waals surface area contributed by atoms with Gasteiger partial charge in [-0.3, -0.25) is 0 Å². The molecule has 0 atom stereocenters. The first-order chi connectivity index (χ1) is 6.88. The van der Waals surface area contributed by atoms with Crippen LogP contribution in [0.25, 0.3) is 0 Å². The van der Waals surface area contributed by atoms with Crippen LogP contribution < -0.4 is 0 Å². The van der Waals surface area contributed by atoms with Gasteiger partial charge < -0.3 is 5.11 Å². The summed E-state index contributed by atoms with van der Waals surface area (Å²) in [5.74, 6) is 0. The van der Waals surface area contributed by atoms with Gasteiger partial charge in [0.05, 0.1) is 6.61 Å². The van der Waals surface area contributed by atoms with Crippen molar-refractivity contribution in [3.05, 3.63) is 52.2 Å². The van der Waals surface area contributed by atoms with Gasteiger partial charge in [0.15, 0.2) is 0 Å². The Morgan fingerprint density at radius 3 is 2.64 bits per heavy atom. The molecule has 0 unspecified atom stereocenters. The molecule has 0 fully saturated rings. The molecular weight excluding hydrogens is 240 g/mol. The largest absolute Gasteiger partial charge is 0.392 e. The molecule has 0 bridgehead atoms. The first-order valence-electron chi connectivity index (χ1n) is 4.55. The fourth-order valence-corrected chi connectivity index (χ4v) is 1.50. The second-order valence-electron chi connectivity index (χ2n) is 2.95. The molecule has 0 aromatic heterocycles. The van der Waals surface area contributed by atoms with Gasteiger partial charge in [0.25, 0.3) is 0 Å². The summed E-state index contributed by atoms with van der Waals surface area (Å²) in [5, 5.41) is 9.08. The van der Waals surface area contributed by atoms with E-state index in [0.717, 1.165) is 18.4 Å². The van der Waals surface area contributed by atoms with E-state index in [0.29, 0.717) is 0 Å². The summed E-state index contributed by atoms with van der Waals surface area (Å²) in [4.78, 5) is 1.71. The minimum Gasteiger partial charge on any atom is -0.392 e. The van der Waals surface area contributed by atoms with E-state index in [2.05, 4.69) is 27.7 Å². The minimum absolute atomic E-state index is 0.119. The molecule has 1 N–H and O–H groups in total. The maximum Gasteiger partial charge on any atom is 0.0684 e. The standard InChI is InChI=1S/C12H13BrO/c13-9-5-1-2-6-11-7-3-4-8-12(11)10-14/h1,3-4,7-9,14H,2,6,10H2. The lowest BCUT2D eigenvalue weighted by atomic mass is 10.0. The van der Waals surface area contributed by atoms with Crippen molar-refractivity contribution in [3.8, 4) is 0 Å². The Kier molecular flexibility index (Phi) is 5.31. The molecule has 0 aliphatic carbocycles. The van der Waals surface area contributed by atoms with E-state index in [1.54, 1.807) is 4.99 Å². The lowest BCUT2D eigenvalue weighted by molar-refractivity contribution is 0.280. The number of allylic oxidation sites excluding steroid dienone is 1. The number of rotatable bonds is 4. The summed E-state index contributed by atoms with van der Waals surface area (Å²) < 4.78 is 0. The van der Waals surface area contributed by atoms with Crippen LogP contribution >= 0.6 is 15.9 Å². The predicted octanol–water partition coefficient (Wildman–Crippen LogP) is 3.18. The van der Waals surface area contributed by atoms with Crippen LogP contribution in [0.2, 0.25) is 0 Å². The van der Waals surface area contributed by atoms with Crippen LogP contribution in [0.3, 0.4) is 0 Å². The van der Waals surface area contributed by atoms with Crippen LogP contribution in [0, 0.1) is 0 Å². The first kappa shape index (κ1) is 11.3. The molecule has 0 aliphatic rings. The third-order valence-electron chi connectivity index (χ3n) is 2.03. The van der Waals surface area contributed by atoms with Crippen LogP contribution in [0.4, 0.5) is 0 Å². The lowest BCUT2D eigenvalue weighted by Gasteiger charge is -2.04. The quantitative estimate of drug-likeness (QED) is 0.817. The second kappa shape index (κ2) is 6.61. The molecule has 0 radical (unpaired) electrons. The van der Waals surface area contributed by atoms with E-state index in [9.17, 15) is 0 Å². The van der Waals surface area contributed by atoms with Gasteiger partial charge in [-0.15, -0.1) is 5.73 Å². The van der Waals surface area contributed by atoms with Crippen molar-refractivity contribution in [2.75, 3.05) is 0 Å². The Morgan fingerprint density at radius 1 is 1.29 bits per heavy atom. The number of hydrogen-bond acceptors (Lipinski definition) is 1. The van der Waals surface area contributed by atoms with Crippen molar-refractivity contribution in [2.24, 2.45) is 0 Å². The topological polar surface area (TPSA) is 20.2 Å². The van der Waals surface area contributed by atoms with Gasteiger partial charge in [0.1, 0.15) is 0 Å². The maximum absolute atomic E-state index is 9.08. The van der Waals surface area contributed by atoms with Crippen LogP contribution in [0.1, 0.15) is 17.5 Å². The highest BCUT2D eigenvalue weighted by molar-refractivity contribution is 9.11. The predicted molar refractivity (Wildman–Crippen MR) is 62.3 cm³/mol. The van der Waals surface area contributed by atoms with E-state index < -0.39 is 0 Å². The molecule has 1 nitrogen and oxygen atoms in total. The zero-order valence-corrected chi connectivity index (χ0v) is 9.50. The van der Waals surface area contributed by atoms with Gasteiger partial charge in [0, 0.05) is 4.99 Å². The van der Waals surface area contributed by atoms with Crippen LogP contribution in [-0.4, -0.2) is 5.11 Å². The molecule has 0 heterocycles. The van der Waals surface area contributed by atoms with Crippen LogP contribution in [0.5, 0.6) is 0 Å². The zero-order chi connectivity index (χ0) is 10.2. The number of aliphatic hydroxyl groups excluding tert-OH is 1. The number of aryl methyl sites for hydroxylation is 1. The van der Waals surface area contributed by atoms with E-state index in [4.69, 9.17) is 5.11 Å². The normalized spacial score (nSPS) is 9.29. The average Bonchev–Trinajstić information content (AvgIpc) is 2.25. The van der Waals surface area contributed by atoms with Gasteiger partial charge in [-0.1, -0.05) is 40.2 Å². The number of hydrogen-bond donors (Lipinski definition) is 1. The number of benzene rings is 1. The molecule has 0 amide bonds.